The summed E-state index contributed by atoms with van der Waals surface area (Å²) < 4.78 is 2.07. The number of anilines is 1. The lowest BCUT2D eigenvalue weighted by Gasteiger charge is -2.16. The first kappa shape index (κ1) is 12.7. The van der Waals surface area contributed by atoms with Crippen molar-refractivity contribution in [1.29, 1.82) is 0 Å². The molecule has 2 aliphatic rings. The van der Waals surface area contributed by atoms with Crippen LogP contribution in [0.15, 0.2) is 24.3 Å². The number of para-hydroxylation sites is 1. The second kappa shape index (κ2) is 4.63. The number of rotatable bonds is 1. The van der Waals surface area contributed by atoms with Crippen molar-refractivity contribution >= 4 is 30.6 Å². The Balaban J connectivity index is 2.01. The van der Waals surface area contributed by atoms with Crippen LogP contribution in [0.5, 0.6) is 0 Å². The third-order valence-corrected chi connectivity index (χ3v) is 3.92. The molecule has 3 rings (SSSR count). The first-order valence-corrected chi connectivity index (χ1v) is 6.73. The van der Waals surface area contributed by atoms with Crippen molar-refractivity contribution < 1.29 is 14.5 Å². The molecular formula is C13H16N3O2S+. The molecule has 1 aromatic carbocycles. The second-order valence-electron chi connectivity index (χ2n) is 4.77. The van der Waals surface area contributed by atoms with Gasteiger partial charge in [0.15, 0.2) is 0 Å². The maximum absolute atomic E-state index is 12.3. The highest BCUT2D eigenvalue weighted by molar-refractivity contribution is 7.82. The normalized spacial score (nSPS) is 26.5. The average molecular weight is 278 g/mol. The van der Waals surface area contributed by atoms with Crippen LogP contribution in [-0.2, 0) is 9.73 Å². The van der Waals surface area contributed by atoms with Crippen LogP contribution < -0.4 is 10.2 Å². The van der Waals surface area contributed by atoms with Crippen LogP contribution >= 0.6 is 12.6 Å². The molecule has 0 radical (unpaired) electrons. The van der Waals surface area contributed by atoms with Gasteiger partial charge in [-0.1, -0.05) is 18.2 Å². The van der Waals surface area contributed by atoms with Crippen molar-refractivity contribution in [3.05, 3.63) is 29.8 Å². The van der Waals surface area contributed by atoms with Crippen molar-refractivity contribution in [3.8, 4) is 0 Å². The summed E-state index contributed by atoms with van der Waals surface area (Å²) in [5, 5.41) is 13.5. The molecule has 1 fully saturated rings. The number of amides is 1. The highest BCUT2D eigenvalue weighted by atomic mass is 32.1. The largest absolute Gasteiger partial charge is 0.366 e. The van der Waals surface area contributed by atoms with Crippen molar-refractivity contribution in [2.75, 3.05) is 31.1 Å². The fourth-order valence-corrected chi connectivity index (χ4v) is 2.74. The summed E-state index contributed by atoms with van der Waals surface area (Å²) in [7, 11) is 0. The highest BCUT2D eigenvalue weighted by Gasteiger charge is 2.52. The number of carbonyl (C=O) groups is 1. The predicted octanol–water partition coefficient (Wildman–Crippen LogP) is -0.248. The quantitative estimate of drug-likeness (QED) is 0.287. The van der Waals surface area contributed by atoms with E-state index >= 15 is 0 Å². The first-order valence-electron chi connectivity index (χ1n) is 6.28. The van der Waals surface area contributed by atoms with Gasteiger partial charge in [0, 0.05) is 13.1 Å². The van der Waals surface area contributed by atoms with E-state index in [1.807, 2.05) is 12.1 Å². The fourth-order valence-electron chi connectivity index (χ4n) is 2.45. The summed E-state index contributed by atoms with van der Waals surface area (Å²) in [4.78, 5) is 12.0. The molecule has 6 heteroatoms. The lowest BCUT2D eigenvalue weighted by molar-refractivity contribution is -0.528. The minimum atomic E-state index is -1.73. The van der Waals surface area contributed by atoms with Gasteiger partial charge in [0.05, 0.1) is 18.7 Å². The molecule has 19 heavy (non-hydrogen) atoms. The monoisotopic (exact) mass is 278 g/mol. The molecule has 0 unspecified atom stereocenters. The van der Waals surface area contributed by atoms with Gasteiger partial charge in [0.1, 0.15) is 5.69 Å². The molecule has 0 spiro atoms. The SMILES string of the molecule is O=C1N(C=[N+]2CCNCC2)c2ccccc2[C@@]1(O)S. The third-order valence-electron chi connectivity index (χ3n) is 3.49. The highest BCUT2D eigenvalue weighted by Crippen LogP contribution is 2.41. The van der Waals surface area contributed by atoms with Gasteiger partial charge in [0.2, 0.25) is 11.3 Å². The molecule has 5 nitrogen and oxygen atoms in total. The van der Waals surface area contributed by atoms with Crippen molar-refractivity contribution in [2.24, 2.45) is 0 Å². The molecule has 1 saturated heterocycles. The lowest BCUT2D eigenvalue weighted by atomic mass is 10.1. The molecule has 1 atom stereocenters. The summed E-state index contributed by atoms with van der Waals surface area (Å²) in [5.74, 6) is -0.421. The van der Waals surface area contributed by atoms with Gasteiger partial charge >= 0.3 is 5.91 Å². The van der Waals surface area contributed by atoms with Gasteiger partial charge in [-0.15, -0.1) is 12.6 Å². The number of nitrogens with one attached hydrogen (secondary N) is 1. The fraction of sp³-hybridized carbons (Fsp3) is 0.385. The van der Waals surface area contributed by atoms with Gasteiger partial charge in [-0.2, -0.15) is 4.90 Å². The smallest absolute Gasteiger partial charge is 0.361 e. The molecule has 1 amide bonds. The topological polar surface area (TPSA) is 55.6 Å². The Hall–Kier alpha value is -1.37. The second-order valence-corrected chi connectivity index (χ2v) is 5.41. The van der Waals surface area contributed by atoms with Gasteiger partial charge in [0.25, 0.3) is 0 Å². The van der Waals surface area contributed by atoms with E-state index in [-0.39, 0.29) is 0 Å². The van der Waals surface area contributed by atoms with Crippen LogP contribution in [0.4, 0.5) is 5.69 Å². The van der Waals surface area contributed by atoms with E-state index in [0.717, 1.165) is 26.2 Å². The van der Waals surface area contributed by atoms with E-state index in [1.165, 1.54) is 4.90 Å². The number of nitrogens with zero attached hydrogens (tertiary/aromatic N) is 2. The molecule has 0 aromatic heterocycles. The minimum Gasteiger partial charge on any atom is -0.366 e. The molecule has 0 aliphatic carbocycles. The first-order chi connectivity index (χ1) is 9.10. The number of piperazine rings is 1. The van der Waals surface area contributed by atoms with E-state index in [2.05, 4.69) is 22.5 Å². The molecule has 0 saturated carbocycles. The zero-order chi connectivity index (χ0) is 13.5. The Kier molecular flexibility index (Phi) is 3.08. The van der Waals surface area contributed by atoms with Crippen LogP contribution in [0.1, 0.15) is 5.56 Å². The molecule has 2 aliphatic heterocycles. The summed E-state index contributed by atoms with van der Waals surface area (Å²) in [6.45, 7) is 3.48. The number of benzene rings is 1. The molecule has 1 aromatic rings. The Bertz CT molecular complexity index is 549. The average Bonchev–Trinajstić information content (AvgIpc) is 2.62. The molecule has 2 N–H and O–H groups in total. The summed E-state index contributed by atoms with van der Waals surface area (Å²) in [5.41, 5.74) is 1.23. The van der Waals surface area contributed by atoms with E-state index < -0.39 is 10.8 Å². The van der Waals surface area contributed by atoms with E-state index in [1.54, 1.807) is 18.5 Å². The predicted molar refractivity (Wildman–Crippen MR) is 75.7 cm³/mol. The molecular weight excluding hydrogens is 262 g/mol. The maximum atomic E-state index is 12.3. The lowest BCUT2D eigenvalue weighted by Crippen LogP contribution is -2.43. The van der Waals surface area contributed by atoms with Crippen molar-refractivity contribution in [1.82, 2.24) is 5.32 Å². The van der Waals surface area contributed by atoms with Crippen molar-refractivity contribution in [3.63, 3.8) is 0 Å². The van der Waals surface area contributed by atoms with Crippen LogP contribution in [-0.4, -0.2) is 48.1 Å². The van der Waals surface area contributed by atoms with Gasteiger partial charge in [-0.3, -0.25) is 4.58 Å². The number of hydrogen-bond donors (Lipinski definition) is 3. The number of thiol groups is 1. The Morgan fingerprint density at radius 2 is 2.05 bits per heavy atom. The summed E-state index contributed by atoms with van der Waals surface area (Å²) in [6, 6.07) is 7.19. The summed E-state index contributed by atoms with van der Waals surface area (Å²) in [6.07, 6.45) is 1.77. The molecule has 0 bridgehead atoms. The Morgan fingerprint density at radius 3 is 2.79 bits per heavy atom. The Morgan fingerprint density at radius 1 is 1.37 bits per heavy atom. The number of carbonyl (C=O) groups excluding carboxylic acids is 1. The van der Waals surface area contributed by atoms with Gasteiger partial charge < -0.3 is 10.4 Å². The van der Waals surface area contributed by atoms with Crippen LogP contribution in [0, 0.1) is 0 Å². The van der Waals surface area contributed by atoms with E-state index in [0.29, 0.717) is 11.3 Å². The van der Waals surface area contributed by atoms with Crippen molar-refractivity contribution in [2.45, 2.75) is 4.93 Å². The number of fused-ring (bicyclic) bond motifs is 1. The minimum absolute atomic E-state index is 0.421. The summed E-state index contributed by atoms with van der Waals surface area (Å²) >= 11 is 4.11. The molecule has 2 heterocycles. The zero-order valence-electron chi connectivity index (χ0n) is 10.4. The van der Waals surface area contributed by atoms with Gasteiger partial charge in [-0.25, -0.2) is 4.79 Å². The number of aliphatic hydroxyl groups is 1. The number of hydrogen-bond acceptors (Lipinski definition) is 4. The van der Waals surface area contributed by atoms with E-state index in [9.17, 15) is 9.90 Å². The maximum Gasteiger partial charge on any atom is 0.361 e. The Labute approximate surface area is 117 Å². The van der Waals surface area contributed by atoms with E-state index in [4.69, 9.17) is 0 Å². The van der Waals surface area contributed by atoms with Crippen LogP contribution in [0.25, 0.3) is 0 Å². The zero-order valence-corrected chi connectivity index (χ0v) is 11.3. The van der Waals surface area contributed by atoms with Gasteiger partial charge in [-0.05, 0) is 6.07 Å². The standard InChI is InChI=1S/C13H15N3O2S/c17-12-13(18,19)10-3-1-2-4-11(10)16(12)9-15-7-5-14-6-8-15/h1-4,9,14,18H,5-8H2/p+1/t13-/m1/s1. The van der Waals surface area contributed by atoms with Crippen LogP contribution in [0.3, 0.4) is 0 Å². The van der Waals surface area contributed by atoms with Crippen LogP contribution in [0.2, 0.25) is 0 Å². The third kappa shape index (κ3) is 2.05. The molecule has 100 valence electrons.